The van der Waals surface area contributed by atoms with Gasteiger partial charge in [-0.05, 0) is 33.1 Å². The third-order valence-electron chi connectivity index (χ3n) is 4.38. The maximum Gasteiger partial charge on any atom is 0.129 e. The zero-order valence-electron chi connectivity index (χ0n) is 15.4. The van der Waals surface area contributed by atoms with E-state index >= 15 is 0 Å². The Labute approximate surface area is 140 Å². The van der Waals surface area contributed by atoms with Gasteiger partial charge in [0, 0.05) is 6.42 Å². The second-order valence-electron chi connectivity index (χ2n) is 7.11. The van der Waals surface area contributed by atoms with Crippen molar-refractivity contribution in [3.8, 4) is 0 Å². The van der Waals surface area contributed by atoms with E-state index in [-0.39, 0.29) is 0 Å². The molecule has 0 bridgehead atoms. The van der Waals surface area contributed by atoms with E-state index in [9.17, 15) is 4.79 Å². The SMILES string of the molecule is C=C(C)CCCCCCCCCCCCCCCCC(C)=O. The Morgan fingerprint density at radius 1 is 0.545 bits per heavy atom. The molecule has 0 aromatic carbocycles. The van der Waals surface area contributed by atoms with Crippen molar-refractivity contribution in [1.29, 1.82) is 0 Å². The maximum absolute atomic E-state index is 10.8. The molecule has 0 spiro atoms. The van der Waals surface area contributed by atoms with Gasteiger partial charge in [-0.1, -0.05) is 82.6 Å². The number of unbranched alkanes of at least 4 members (excludes halogenated alkanes) is 13. The average Bonchev–Trinajstić information content (AvgIpc) is 2.46. The van der Waals surface area contributed by atoms with Crippen molar-refractivity contribution in [2.24, 2.45) is 0 Å². The minimum atomic E-state index is 0.343. The van der Waals surface area contributed by atoms with Crippen LogP contribution in [0.25, 0.3) is 0 Å². The Hall–Kier alpha value is -0.590. The molecule has 0 heterocycles. The topological polar surface area (TPSA) is 17.1 Å². The molecular weight excluding hydrogens is 268 g/mol. The second kappa shape index (κ2) is 16.8. The van der Waals surface area contributed by atoms with Crippen LogP contribution in [-0.4, -0.2) is 5.78 Å². The van der Waals surface area contributed by atoms with Crippen LogP contribution in [0, 0.1) is 0 Å². The lowest BCUT2D eigenvalue weighted by molar-refractivity contribution is -0.117. The molecule has 130 valence electrons. The summed E-state index contributed by atoms with van der Waals surface area (Å²) >= 11 is 0. The maximum atomic E-state index is 10.8. The summed E-state index contributed by atoms with van der Waals surface area (Å²) < 4.78 is 0. The van der Waals surface area contributed by atoms with E-state index in [1.165, 1.54) is 95.5 Å². The van der Waals surface area contributed by atoms with Crippen LogP contribution < -0.4 is 0 Å². The van der Waals surface area contributed by atoms with Gasteiger partial charge in [-0.15, -0.1) is 6.58 Å². The first-order valence-corrected chi connectivity index (χ1v) is 9.76. The summed E-state index contributed by atoms with van der Waals surface area (Å²) in [5.41, 5.74) is 1.33. The number of hydrogen-bond donors (Lipinski definition) is 0. The Kier molecular flexibility index (Phi) is 16.3. The van der Waals surface area contributed by atoms with Gasteiger partial charge in [-0.2, -0.15) is 0 Å². The van der Waals surface area contributed by atoms with E-state index in [1.54, 1.807) is 6.92 Å². The molecule has 0 atom stereocenters. The van der Waals surface area contributed by atoms with Crippen LogP contribution in [0.1, 0.15) is 117 Å². The van der Waals surface area contributed by atoms with E-state index in [0.717, 1.165) is 12.8 Å². The number of Topliss-reactive ketones (excluding diaryl/α,β-unsaturated/α-hetero) is 1. The van der Waals surface area contributed by atoms with Gasteiger partial charge in [0.25, 0.3) is 0 Å². The molecule has 0 aliphatic rings. The fraction of sp³-hybridized carbons (Fsp3) is 0.857. The Morgan fingerprint density at radius 3 is 1.09 bits per heavy atom. The molecule has 0 saturated heterocycles. The summed E-state index contributed by atoms with van der Waals surface area (Å²) in [6, 6.07) is 0. The van der Waals surface area contributed by atoms with Crippen LogP contribution in [0.4, 0.5) is 0 Å². The van der Waals surface area contributed by atoms with E-state index < -0.39 is 0 Å². The van der Waals surface area contributed by atoms with Gasteiger partial charge in [-0.3, -0.25) is 0 Å². The van der Waals surface area contributed by atoms with Gasteiger partial charge < -0.3 is 4.79 Å². The number of rotatable bonds is 17. The zero-order valence-corrected chi connectivity index (χ0v) is 15.4. The minimum absolute atomic E-state index is 0.343. The first-order chi connectivity index (χ1) is 10.6. The molecule has 0 aliphatic carbocycles. The van der Waals surface area contributed by atoms with E-state index in [0.29, 0.717) is 5.78 Å². The smallest absolute Gasteiger partial charge is 0.129 e. The quantitative estimate of drug-likeness (QED) is 0.202. The van der Waals surface area contributed by atoms with Gasteiger partial charge in [0.2, 0.25) is 0 Å². The number of ketones is 1. The van der Waals surface area contributed by atoms with Crippen molar-refractivity contribution >= 4 is 5.78 Å². The molecule has 0 aromatic heterocycles. The average molecular weight is 309 g/mol. The van der Waals surface area contributed by atoms with Crippen LogP contribution in [-0.2, 0) is 4.79 Å². The molecule has 0 fully saturated rings. The van der Waals surface area contributed by atoms with Crippen LogP contribution in [0.15, 0.2) is 12.2 Å². The molecule has 0 rings (SSSR count). The van der Waals surface area contributed by atoms with E-state index in [4.69, 9.17) is 0 Å². The molecule has 0 saturated carbocycles. The van der Waals surface area contributed by atoms with Crippen LogP contribution in [0.3, 0.4) is 0 Å². The van der Waals surface area contributed by atoms with Crippen LogP contribution >= 0.6 is 0 Å². The Morgan fingerprint density at radius 2 is 0.818 bits per heavy atom. The van der Waals surface area contributed by atoms with Gasteiger partial charge in [-0.25, -0.2) is 0 Å². The number of carbonyl (C=O) groups excluding carboxylic acids is 1. The van der Waals surface area contributed by atoms with Gasteiger partial charge in [0.05, 0.1) is 0 Å². The number of hydrogen-bond acceptors (Lipinski definition) is 1. The fourth-order valence-corrected chi connectivity index (χ4v) is 2.92. The molecule has 0 radical (unpaired) electrons. The summed E-state index contributed by atoms with van der Waals surface area (Å²) in [5.74, 6) is 0.343. The van der Waals surface area contributed by atoms with Gasteiger partial charge >= 0.3 is 0 Å². The monoisotopic (exact) mass is 308 g/mol. The standard InChI is InChI=1S/C21H40O/c1-20(2)18-16-14-12-10-8-6-4-5-7-9-11-13-15-17-19-21(3)22/h1,4-19H2,2-3H3. The predicted octanol–water partition coefficient (Wildman–Crippen LogP) is 7.39. The van der Waals surface area contributed by atoms with Crippen LogP contribution in [0.2, 0.25) is 0 Å². The molecule has 0 aromatic rings. The fourth-order valence-electron chi connectivity index (χ4n) is 2.92. The van der Waals surface area contributed by atoms with Crippen LogP contribution in [0.5, 0.6) is 0 Å². The molecule has 0 N–H and O–H groups in total. The van der Waals surface area contributed by atoms with E-state index in [1.807, 2.05) is 0 Å². The first-order valence-electron chi connectivity index (χ1n) is 9.76. The van der Waals surface area contributed by atoms with Crippen molar-refractivity contribution in [2.45, 2.75) is 117 Å². The lowest BCUT2D eigenvalue weighted by atomic mass is 10.0. The number of carbonyl (C=O) groups is 1. The highest BCUT2D eigenvalue weighted by atomic mass is 16.1. The zero-order chi connectivity index (χ0) is 16.5. The van der Waals surface area contributed by atoms with Gasteiger partial charge in [0.15, 0.2) is 0 Å². The second-order valence-corrected chi connectivity index (χ2v) is 7.11. The molecule has 0 unspecified atom stereocenters. The highest BCUT2D eigenvalue weighted by molar-refractivity contribution is 5.75. The molecular formula is C21H40O. The lowest BCUT2D eigenvalue weighted by Gasteiger charge is -2.03. The summed E-state index contributed by atoms with van der Waals surface area (Å²) in [4.78, 5) is 10.8. The normalized spacial score (nSPS) is 10.8. The van der Waals surface area contributed by atoms with Crippen molar-refractivity contribution in [1.82, 2.24) is 0 Å². The summed E-state index contributed by atoms with van der Waals surface area (Å²) in [5, 5.41) is 0. The highest BCUT2D eigenvalue weighted by Gasteiger charge is 1.96. The summed E-state index contributed by atoms with van der Waals surface area (Å²) in [6.45, 7) is 7.78. The summed E-state index contributed by atoms with van der Waals surface area (Å²) in [6.07, 6.45) is 21.1. The first kappa shape index (κ1) is 21.4. The van der Waals surface area contributed by atoms with Crippen molar-refractivity contribution in [3.05, 3.63) is 12.2 Å². The minimum Gasteiger partial charge on any atom is -0.300 e. The predicted molar refractivity (Wildman–Crippen MR) is 99.4 cm³/mol. The molecule has 1 heteroatoms. The van der Waals surface area contributed by atoms with Crippen molar-refractivity contribution < 1.29 is 4.79 Å². The summed E-state index contributed by atoms with van der Waals surface area (Å²) in [7, 11) is 0. The lowest BCUT2D eigenvalue weighted by Crippen LogP contribution is -1.89. The Balaban J connectivity index is 2.99. The van der Waals surface area contributed by atoms with Crippen molar-refractivity contribution in [3.63, 3.8) is 0 Å². The molecule has 0 amide bonds. The van der Waals surface area contributed by atoms with Crippen molar-refractivity contribution in [2.75, 3.05) is 0 Å². The molecule has 1 nitrogen and oxygen atoms in total. The van der Waals surface area contributed by atoms with E-state index in [2.05, 4.69) is 13.5 Å². The number of allylic oxidation sites excluding steroid dienone is 1. The third kappa shape index (κ3) is 19.4. The Bertz CT molecular complexity index is 239. The third-order valence-corrected chi connectivity index (χ3v) is 4.38. The highest BCUT2D eigenvalue weighted by Crippen LogP contribution is 2.14. The molecule has 0 aliphatic heterocycles. The van der Waals surface area contributed by atoms with Gasteiger partial charge in [0.1, 0.15) is 5.78 Å². The molecule has 22 heavy (non-hydrogen) atoms. The largest absolute Gasteiger partial charge is 0.300 e.